The highest BCUT2D eigenvalue weighted by Gasteiger charge is 1.93. The summed E-state index contributed by atoms with van der Waals surface area (Å²) in [4.78, 5) is 14.2. The van der Waals surface area contributed by atoms with Crippen molar-refractivity contribution in [2.24, 2.45) is 0 Å². The highest BCUT2D eigenvalue weighted by atomic mass is 31.1. The van der Waals surface area contributed by atoms with Crippen molar-refractivity contribution in [2.45, 2.75) is 0 Å². The molecule has 0 radical (unpaired) electrons. The highest BCUT2D eigenvalue weighted by molar-refractivity contribution is 7.30. The Labute approximate surface area is 33.3 Å². The smallest absolute Gasteiger partial charge is 0.269 e. The maximum absolute atomic E-state index is 8.70. The average Bonchev–Trinajstić information content (AvgIpc) is 0.811. The minimum Gasteiger partial charge on any atom is -0.269 e. The second kappa shape index (κ2) is 8.86. The van der Waals surface area contributed by atoms with Crippen LogP contribution in [0.1, 0.15) is 0 Å². The van der Waals surface area contributed by atoms with Crippen molar-refractivity contribution < 1.29 is 23.8 Å². The van der Waals surface area contributed by atoms with Crippen LogP contribution >= 0.6 is 8.25 Å². The molecule has 0 fully saturated rings. The summed E-state index contributed by atoms with van der Waals surface area (Å²) in [6.45, 7) is 0. The molecule has 3 nitrogen and oxygen atoms in total. The van der Waals surface area contributed by atoms with Crippen molar-refractivity contribution in [3.05, 3.63) is 0 Å². The van der Waals surface area contributed by atoms with Crippen molar-refractivity contribution in [1.29, 1.82) is 0 Å². The summed E-state index contributed by atoms with van der Waals surface area (Å²) in [6.07, 6.45) is 0. The topological polar surface area (TPSA) is 57.5 Å². The molecule has 0 atom stereocenters. The largest absolute Gasteiger partial charge is 0.692 e. The molecule has 6 heavy (non-hydrogen) atoms. The van der Waals surface area contributed by atoms with Gasteiger partial charge in [-0.25, -0.2) is 0 Å². The zero-order chi connectivity index (χ0) is 3.58. The van der Waals surface area contributed by atoms with Gasteiger partial charge in [-0.05, 0) is 0 Å². The maximum Gasteiger partial charge on any atom is 0.692 e. The van der Waals surface area contributed by atoms with Gasteiger partial charge in [-0.15, -0.1) is 9.79 Å². The second-order valence-electron chi connectivity index (χ2n) is 0.253. The molecule has 40 valence electrons. The molecule has 0 aromatic rings. The lowest BCUT2D eigenvalue weighted by Gasteiger charge is -1.34. The van der Waals surface area contributed by atoms with Gasteiger partial charge in [-0.2, -0.15) is 0 Å². The van der Waals surface area contributed by atoms with E-state index in [9.17, 15) is 0 Å². The van der Waals surface area contributed by atoms with Crippen LogP contribution in [0.15, 0.2) is 0 Å². The van der Waals surface area contributed by atoms with E-state index < -0.39 is 8.25 Å². The molecule has 0 rings (SSSR count). The van der Waals surface area contributed by atoms with Gasteiger partial charge in [0.05, 0.1) is 0 Å². The number of hydrogen-bond donors (Lipinski definition) is 2. The summed E-state index contributed by atoms with van der Waals surface area (Å²) >= 11 is 0. The maximum atomic E-state index is 8.70. The molecule has 0 aromatic carbocycles. The molecule has 0 aliphatic carbocycles. The lowest BCUT2D eigenvalue weighted by atomic mass is 15.8. The Morgan fingerprint density at radius 2 is 1.17 bits per heavy atom. The van der Waals surface area contributed by atoms with Gasteiger partial charge in [-0.3, -0.25) is 9.41 Å². The van der Waals surface area contributed by atoms with Crippen LogP contribution in [-0.2, 0) is 4.57 Å². The summed E-state index contributed by atoms with van der Waals surface area (Å²) in [5.74, 6) is 0. The normalized spacial score (nSPS) is 4.33. The first kappa shape index (κ1) is 16.9. The lowest BCUT2D eigenvalue weighted by molar-refractivity contribution is 0.405. The Bertz CT molecular complexity index is 31.8. The van der Waals surface area contributed by atoms with Gasteiger partial charge >= 0.3 is 8.25 Å². The van der Waals surface area contributed by atoms with E-state index >= 15 is 0 Å². The van der Waals surface area contributed by atoms with Crippen molar-refractivity contribution in [3.8, 4) is 0 Å². The van der Waals surface area contributed by atoms with E-state index in [-0.39, 0.29) is 9.41 Å². The van der Waals surface area contributed by atoms with Crippen LogP contribution in [0.25, 0.3) is 0 Å². The first-order chi connectivity index (χ1) is 1.73. The SMILES string of the molecule is F.F.O=[P+](O)O. The molecule has 0 saturated carbocycles. The minimum atomic E-state index is -2.87. The Morgan fingerprint density at radius 1 is 1.17 bits per heavy atom. The Hall–Kier alpha value is -0.120. The Balaban J connectivity index is -0.0000000450. The first-order valence-electron chi connectivity index (χ1n) is 0.583. The zero-order valence-corrected chi connectivity index (χ0v) is 3.46. The van der Waals surface area contributed by atoms with E-state index in [1.165, 1.54) is 0 Å². The van der Waals surface area contributed by atoms with Gasteiger partial charge in [-0.1, -0.05) is 0 Å². The molecule has 0 aliphatic rings. The van der Waals surface area contributed by atoms with Gasteiger partial charge in [0.25, 0.3) is 0 Å². The summed E-state index contributed by atoms with van der Waals surface area (Å²) < 4.78 is 8.70. The molecule has 0 bridgehead atoms. The predicted molar refractivity (Wildman–Crippen MR) is 17.1 cm³/mol. The van der Waals surface area contributed by atoms with Gasteiger partial charge in [0.2, 0.25) is 0 Å². The van der Waals surface area contributed by atoms with Gasteiger partial charge in [0.1, 0.15) is 0 Å². The quantitative estimate of drug-likeness (QED) is 0.441. The monoisotopic (exact) mass is 121 g/mol. The third-order valence-electron chi connectivity index (χ3n) is 0. The van der Waals surface area contributed by atoms with Crippen molar-refractivity contribution in [1.82, 2.24) is 0 Å². The molecule has 0 spiro atoms. The molecule has 0 aliphatic heterocycles. The summed E-state index contributed by atoms with van der Waals surface area (Å²) in [7, 11) is -2.87. The van der Waals surface area contributed by atoms with Crippen LogP contribution in [-0.4, -0.2) is 9.79 Å². The molecular weight excluding hydrogens is 117 g/mol. The lowest BCUT2D eigenvalue weighted by Crippen LogP contribution is -1.38. The first-order valence-corrected chi connectivity index (χ1v) is 1.75. The third-order valence-corrected chi connectivity index (χ3v) is 0. The van der Waals surface area contributed by atoms with E-state index in [1.54, 1.807) is 0 Å². The standard InChI is InChI=1S/2FH.HO3P/c;;1-4(2)3/h2*1H;(H-,1,2,3)/p+1. The van der Waals surface area contributed by atoms with Gasteiger partial charge < -0.3 is 0 Å². The molecule has 0 aromatic heterocycles. The highest BCUT2D eigenvalue weighted by Crippen LogP contribution is 1.98. The van der Waals surface area contributed by atoms with Crippen molar-refractivity contribution in [3.63, 3.8) is 0 Å². The second-order valence-corrected chi connectivity index (χ2v) is 0.758. The Morgan fingerprint density at radius 3 is 1.17 bits per heavy atom. The average molecular weight is 121 g/mol. The molecule has 0 saturated heterocycles. The molecule has 0 unspecified atom stereocenters. The van der Waals surface area contributed by atoms with Crippen molar-refractivity contribution in [2.75, 3.05) is 0 Å². The molecule has 0 heterocycles. The van der Waals surface area contributed by atoms with Crippen LogP contribution in [0.3, 0.4) is 0 Å². The molecule has 2 N–H and O–H groups in total. The number of rotatable bonds is 0. The minimum absolute atomic E-state index is 0. The van der Waals surface area contributed by atoms with Gasteiger partial charge in [0, 0.05) is 4.57 Å². The molecule has 6 heteroatoms. The van der Waals surface area contributed by atoms with Crippen LogP contribution in [0.2, 0.25) is 0 Å². The van der Waals surface area contributed by atoms with Gasteiger partial charge in [0.15, 0.2) is 0 Å². The fourth-order valence-electron chi connectivity index (χ4n) is 0. The van der Waals surface area contributed by atoms with Crippen LogP contribution < -0.4 is 0 Å². The summed E-state index contributed by atoms with van der Waals surface area (Å²) in [6, 6.07) is 0. The van der Waals surface area contributed by atoms with E-state index in [0.717, 1.165) is 0 Å². The molecular formula is H4F2O3P+. The van der Waals surface area contributed by atoms with E-state index in [4.69, 9.17) is 14.4 Å². The van der Waals surface area contributed by atoms with Crippen LogP contribution in [0.5, 0.6) is 0 Å². The Kier molecular flexibility index (Phi) is 24.9. The van der Waals surface area contributed by atoms with Crippen LogP contribution in [0.4, 0.5) is 9.41 Å². The molecule has 0 amide bonds. The van der Waals surface area contributed by atoms with Crippen LogP contribution in [0, 0.1) is 0 Å². The number of hydrogen-bond acceptors (Lipinski definition) is 1. The fourth-order valence-corrected chi connectivity index (χ4v) is 0. The third kappa shape index (κ3) is 2230. The summed E-state index contributed by atoms with van der Waals surface area (Å²) in [5.41, 5.74) is 0. The summed E-state index contributed by atoms with van der Waals surface area (Å²) in [5, 5.41) is 0. The zero-order valence-electron chi connectivity index (χ0n) is 2.57. The van der Waals surface area contributed by atoms with E-state index in [2.05, 4.69) is 0 Å². The predicted octanol–water partition coefficient (Wildman–Crippen LogP) is -0.0666. The van der Waals surface area contributed by atoms with Crippen molar-refractivity contribution >= 4 is 8.25 Å². The van der Waals surface area contributed by atoms with E-state index in [0.29, 0.717) is 0 Å². The van der Waals surface area contributed by atoms with E-state index in [1.807, 2.05) is 0 Å². The number of halogens is 2. The fraction of sp³-hybridized carbons (Fsp3) is 0.